The number of nitrogens with zero attached hydrogens (tertiary/aromatic N) is 1. The zero-order valence-corrected chi connectivity index (χ0v) is 16.6. The van der Waals surface area contributed by atoms with Crippen LogP contribution in [0.15, 0.2) is 54.6 Å². The topological polar surface area (TPSA) is 77.5 Å². The summed E-state index contributed by atoms with van der Waals surface area (Å²) in [4.78, 5) is 30.2. The lowest BCUT2D eigenvalue weighted by Gasteiger charge is -2.18. The second-order valence-electron chi connectivity index (χ2n) is 6.06. The summed E-state index contributed by atoms with van der Waals surface area (Å²) in [6.07, 6.45) is -1.10. The summed E-state index contributed by atoms with van der Waals surface area (Å²) in [5.74, 6) is -0.411. The summed E-state index contributed by atoms with van der Waals surface area (Å²) in [7, 11) is 1.55. The van der Waals surface area contributed by atoms with Crippen molar-refractivity contribution < 1.29 is 19.1 Å². The van der Waals surface area contributed by atoms with Gasteiger partial charge in [0.25, 0.3) is 5.91 Å². The summed E-state index contributed by atoms with van der Waals surface area (Å²) in [5.41, 5.74) is 1.72. The molecule has 0 aliphatic heterocycles. The maximum absolute atomic E-state index is 12.9. The molecule has 1 aromatic heterocycles. The van der Waals surface area contributed by atoms with Crippen molar-refractivity contribution in [2.75, 3.05) is 12.4 Å². The van der Waals surface area contributed by atoms with Crippen molar-refractivity contribution in [3.63, 3.8) is 0 Å². The number of nitrogens with one attached hydrogen (secondary N) is 1. The summed E-state index contributed by atoms with van der Waals surface area (Å²) in [6, 6.07) is 15.9. The molecular formula is C21H20N2O4S. The highest BCUT2D eigenvalue weighted by Gasteiger charge is 2.27. The number of anilines is 1. The fraction of sp³-hybridized carbons (Fsp3) is 0.190. The molecular weight excluding hydrogens is 376 g/mol. The minimum absolute atomic E-state index is 0.396. The quantitative estimate of drug-likeness (QED) is 0.629. The number of thiazole rings is 1. The second kappa shape index (κ2) is 8.67. The Balaban J connectivity index is 1.85. The number of rotatable bonds is 6. The van der Waals surface area contributed by atoms with Gasteiger partial charge < -0.3 is 14.8 Å². The fourth-order valence-electron chi connectivity index (χ4n) is 2.69. The van der Waals surface area contributed by atoms with Gasteiger partial charge in [0.1, 0.15) is 10.6 Å². The van der Waals surface area contributed by atoms with Crippen LogP contribution in [0.2, 0.25) is 0 Å². The first-order chi connectivity index (χ1) is 13.5. The lowest BCUT2D eigenvalue weighted by atomic mass is 10.1. The number of amides is 1. The van der Waals surface area contributed by atoms with Crippen molar-refractivity contribution in [1.29, 1.82) is 0 Å². The van der Waals surface area contributed by atoms with E-state index in [1.165, 1.54) is 11.3 Å². The lowest BCUT2D eigenvalue weighted by Crippen LogP contribution is -2.26. The Kier molecular flexibility index (Phi) is 6.06. The van der Waals surface area contributed by atoms with Crippen molar-refractivity contribution >= 4 is 28.9 Å². The molecule has 7 heteroatoms. The number of methoxy groups -OCH3 is 1. The predicted octanol–water partition coefficient (Wildman–Crippen LogP) is 4.31. The molecule has 0 aliphatic rings. The number of hydrogen-bond donors (Lipinski definition) is 1. The fourth-order valence-corrected chi connectivity index (χ4v) is 3.49. The normalized spacial score (nSPS) is 11.5. The molecule has 0 saturated carbocycles. The van der Waals surface area contributed by atoms with Crippen LogP contribution in [-0.2, 0) is 9.53 Å². The first kappa shape index (κ1) is 19.6. The molecule has 0 spiro atoms. The van der Waals surface area contributed by atoms with Gasteiger partial charge in [0.05, 0.1) is 17.8 Å². The van der Waals surface area contributed by atoms with E-state index in [9.17, 15) is 9.59 Å². The molecule has 1 unspecified atom stereocenters. The van der Waals surface area contributed by atoms with Crippen molar-refractivity contribution in [1.82, 2.24) is 4.98 Å². The number of esters is 1. The highest BCUT2D eigenvalue weighted by molar-refractivity contribution is 7.13. The maximum atomic E-state index is 12.9. The van der Waals surface area contributed by atoms with Crippen LogP contribution < -0.4 is 10.1 Å². The minimum Gasteiger partial charge on any atom is -0.497 e. The molecule has 3 rings (SSSR count). The van der Waals surface area contributed by atoms with Crippen LogP contribution in [0, 0.1) is 13.8 Å². The molecule has 2 aromatic carbocycles. The van der Waals surface area contributed by atoms with E-state index in [0.717, 1.165) is 5.01 Å². The van der Waals surface area contributed by atoms with Crippen LogP contribution in [-0.4, -0.2) is 24.0 Å². The summed E-state index contributed by atoms with van der Waals surface area (Å²) in [6.45, 7) is 3.56. The largest absolute Gasteiger partial charge is 0.497 e. The van der Waals surface area contributed by atoms with E-state index in [2.05, 4.69) is 10.3 Å². The van der Waals surface area contributed by atoms with Gasteiger partial charge in [0.2, 0.25) is 6.10 Å². The number of aryl methyl sites for hydroxylation is 2. The van der Waals surface area contributed by atoms with Gasteiger partial charge in [-0.15, -0.1) is 11.3 Å². The number of carbonyl (C=O) groups excluding carboxylic acids is 2. The van der Waals surface area contributed by atoms with Crippen LogP contribution in [0.5, 0.6) is 5.75 Å². The van der Waals surface area contributed by atoms with Gasteiger partial charge in [0, 0.05) is 17.3 Å². The van der Waals surface area contributed by atoms with Crippen molar-refractivity contribution in [2.24, 2.45) is 0 Å². The molecule has 3 aromatic rings. The Hall–Kier alpha value is -3.19. The molecule has 0 aliphatic carbocycles. The zero-order chi connectivity index (χ0) is 20.1. The molecule has 6 nitrogen and oxygen atoms in total. The van der Waals surface area contributed by atoms with E-state index < -0.39 is 18.0 Å². The molecule has 0 saturated heterocycles. The van der Waals surface area contributed by atoms with Crippen LogP contribution in [0.25, 0.3) is 0 Å². The number of benzene rings is 2. The minimum atomic E-state index is -1.10. The van der Waals surface area contributed by atoms with Crippen LogP contribution >= 0.6 is 11.3 Å². The molecule has 1 atom stereocenters. The maximum Gasteiger partial charge on any atom is 0.351 e. The Morgan fingerprint density at radius 2 is 1.82 bits per heavy atom. The Morgan fingerprint density at radius 3 is 2.46 bits per heavy atom. The molecule has 1 amide bonds. The standard InChI is InChI=1S/C21H20N2O4S/c1-13-19(28-14(2)22-13)21(25)27-18(15-8-5-4-6-9-15)20(24)23-16-10-7-11-17(12-16)26-3/h4-12,18H,1-3H3,(H,23,24). The summed E-state index contributed by atoms with van der Waals surface area (Å²) >= 11 is 1.25. The van der Waals surface area contributed by atoms with Crippen molar-refractivity contribution in [3.8, 4) is 5.75 Å². The SMILES string of the molecule is COc1cccc(NC(=O)C(OC(=O)c2sc(C)nc2C)c2ccccc2)c1. The Bertz CT molecular complexity index is 985. The third-order valence-electron chi connectivity index (χ3n) is 3.99. The first-order valence-corrected chi connectivity index (χ1v) is 9.44. The molecule has 1 heterocycles. The monoisotopic (exact) mass is 396 g/mol. The molecule has 0 bridgehead atoms. The van der Waals surface area contributed by atoms with Crippen LogP contribution in [0.4, 0.5) is 5.69 Å². The molecule has 144 valence electrons. The van der Waals surface area contributed by atoms with Gasteiger partial charge in [-0.1, -0.05) is 36.4 Å². The highest BCUT2D eigenvalue weighted by atomic mass is 32.1. The second-order valence-corrected chi connectivity index (χ2v) is 7.27. The summed E-state index contributed by atoms with van der Waals surface area (Å²) < 4.78 is 10.8. The van der Waals surface area contributed by atoms with Gasteiger partial charge in [0.15, 0.2) is 0 Å². The highest BCUT2D eigenvalue weighted by Crippen LogP contribution is 2.25. The van der Waals surface area contributed by atoms with Gasteiger partial charge in [-0.3, -0.25) is 4.79 Å². The summed E-state index contributed by atoms with van der Waals surface area (Å²) in [5, 5.41) is 3.55. The Labute approximate surface area is 167 Å². The molecule has 28 heavy (non-hydrogen) atoms. The molecule has 1 N–H and O–H groups in total. The van der Waals surface area contributed by atoms with Gasteiger partial charge in [-0.05, 0) is 26.0 Å². The zero-order valence-electron chi connectivity index (χ0n) is 15.8. The Morgan fingerprint density at radius 1 is 1.07 bits per heavy atom. The smallest absolute Gasteiger partial charge is 0.351 e. The number of hydrogen-bond acceptors (Lipinski definition) is 6. The average molecular weight is 396 g/mol. The lowest BCUT2D eigenvalue weighted by molar-refractivity contribution is -0.125. The van der Waals surface area contributed by atoms with Crippen LogP contribution in [0.3, 0.4) is 0 Å². The van der Waals surface area contributed by atoms with E-state index >= 15 is 0 Å². The van der Waals surface area contributed by atoms with Crippen LogP contribution in [0.1, 0.15) is 32.0 Å². The van der Waals surface area contributed by atoms with E-state index in [1.807, 2.05) is 13.0 Å². The van der Waals surface area contributed by atoms with Crippen molar-refractivity contribution in [2.45, 2.75) is 20.0 Å². The average Bonchev–Trinajstić information content (AvgIpc) is 3.04. The molecule has 0 radical (unpaired) electrons. The van der Waals surface area contributed by atoms with Gasteiger partial charge in [-0.2, -0.15) is 0 Å². The number of carbonyl (C=O) groups is 2. The third kappa shape index (κ3) is 4.55. The van der Waals surface area contributed by atoms with E-state index in [1.54, 1.807) is 62.6 Å². The van der Waals surface area contributed by atoms with E-state index in [0.29, 0.717) is 27.6 Å². The predicted molar refractivity (Wildman–Crippen MR) is 108 cm³/mol. The van der Waals surface area contributed by atoms with E-state index in [4.69, 9.17) is 9.47 Å². The number of aromatic nitrogens is 1. The molecule has 0 fully saturated rings. The third-order valence-corrected chi connectivity index (χ3v) is 5.04. The van der Waals surface area contributed by atoms with Gasteiger partial charge in [-0.25, -0.2) is 9.78 Å². The van der Waals surface area contributed by atoms with E-state index in [-0.39, 0.29) is 0 Å². The first-order valence-electron chi connectivity index (χ1n) is 8.63. The van der Waals surface area contributed by atoms with Crippen molar-refractivity contribution in [3.05, 3.63) is 75.7 Å². The number of ether oxygens (including phenoxy) is 2. The van der Waals surface area contributed by atoms with Gasteiger partial charge >= 0.3 is 5.97 Å².